The second-order valence-corrected chi connectivity index (χ2v) is 6.36. The first kappa shape index (κ1) is 12.9. The van der Waals surface area contributed by atoms with Crippen molar-refractivity contribution < 1.29 is 18.3 Å². The van der Waals surface area contributed by atoms with Crippen molar-refractivity contribution in [1.82, 2.24) is 15.3 Å². The Hall–Kier alpha value is -1.54. The van der Waals surface area contributed by atoms with Crippen molar-refractivity contribution in [3.05, 3.63) is 22.8 Å². The van der Waals surface area contributed by atoms with Crippen LogP contribution in [0.4, 0.5) is 0 Å². The standard InChI is InChI=1S/C10H13N3O4S/c1-18(16,17)5-8-12-7-2-3-11-4-6(7)9(13-8)10(14)15/h11H,2-5H2,1H3,(H,14,15). The Labute approximate surface area is 104 Å². The minimum atomic E-state index is -3.28. The maximum Gasteiger partial charge on any atom is 0.354 e. The first-order valence-electron chi connectivity index (χ1n) is 5.37. The SMILES string of the molecule is CS(=O)(=O)Cc1nc2c(c(C(=O)O)n1)CNCC2. The van der Waals surface area contributed by atoms with E-state index in [4.69, 9.17) is 5.11 Å². The van der Waals surface area contributed by atoms with Gasteiger partial charge >= 0.3 is 5.97 Å². The van der Waals surface area contributed by atoms with E-state index in [1.54, 1.807) is 0 Å². The fourth-order valence-corrected chi connectivity index (χ4v) is 2.47. The van der Waals surface area contributed by atoms with Gasteiger partial charge in [0.05, 0.1) is 5.69 Å². The van der Waals surface area contributed by atoms with Gasteiger partial charge in [-0.2, -0.15) is 0 Å². The lowest BCUT2D eigenvalue weighted by atomic mass is 10.1. The summed E-state index contributed by atoms with van der Waals surface area (Å²) >= 11 is 0. The smallest absolute Gasteiger partial charge is 0.354 e. The van der Waals surface area contributed by atoms with Crippen molar-refractivity contribution in [2.45, 2.75) is 18.7 Å². The molecule has 0 bridgehead atoms. The molecule has 18 heavy (non-hydrogen) atoms. The van der Waals surface area contributed by atoms with Gasteiger partial charge in [-0.3, -0.25) is 0 Å². The Balaban J connectivity index is 2.51. The summed E-state index contributed by atoms with van der Waals surface area (Å²) in [5.41, 5.74) is 1.07. The van der Waals surface area contributed by atoms with Crippen LogP contribution in [0, 0.1) is 0 Å². The Kier molecular flexibility index (Phi) is 3.31. The molecule has 1 aliphatic heterocycles. The minimum Gasteiger partial charge on any atom is -0.476 e. The van der Waals surface area contributed by atoms with E-state index in [0.717, 1.165) is 6.26 Å². The number of carboxylic acids is 1. The van der Waals surface area contributed by atoms with Gasteiger partial charge in [0, 0.05) is 31.3 Å². The van der Waals surface area contributed by atoms with Gasteiger partial charge in [-0.25, -0.2) is 23.2 Å². The Bertz CT molecular complexity index is 597. The maximum atomic E-state index is 11.2. The van der Waals surface area contributed by atoms with Crippen LogP contribution in [0.15, 0.2) is 0 Å². The number of carbonyl (C=O) groups is 1. The Morgan fingerprint density at radius 2 is 2.17 bits per heavy atom. The third kappa shape index (κ3) is 2.82. The van der Waals surface area contributed by atoms with Crippen LogP contribution in [0.1, 0.15) is 27.6 Å². The van der Waals surface area contributed by atoms with Gasteiger partial charge in [0.1, 0.15) is 11.6 Å². The fourth-order valence-electron chi connectivity index (χ4n) is 1.87. The van der Waals surface area contributed by atoms with E-state index in [1.165, 1.54) is 0 Å². The number of hydrogen-bond acceptors (Lipinski definition) is 6. The molecule has 0 aliphatic carbocycles. The van der Waals surface area contributed by atoms with Crippen molar-refractivity contribution >= 4 is 15.8 Å². The van der Waals surface area contributed by atoms with E-state index >= 15 is 0 Å². The number of hydrogen-bond donors (Lipinski definition) is 2. The van der Waals surface area contributed by atoms with Gasteiger partial charge < -0.3 is 10.4 Å². The molecule has 2 N–H and O–H groups in total. The van der Waals surface area contributed by atoms with Crippen LogP contribution in [0.5, 0.6) is 0 Å². The molecular formula is C10H13N3O4S. The molecule has 0 saturated carbocycles. The van der Waals surface area contributed by atoms with Crippen LogP contribution in [-0.2, 0) is 28.6 Å². The van der Waals surface area contributed by atoms with Gasteiger partial charge in [-0.05, 0) is 0 Å². The average molecular weight is 271 g/mol. The molecule has 8 heteroatoms. The van der Waals surface area contributed by atoms with E-state index in [1.807, 2.05) is 0 Å². The largest absolute Gasteiger partial charge is 0.476 e. The second kappa shape index (κ2) is 4.62. The molecule has 0 fully saturated rings. The number of nitrogens with zero attached hydrogens (tertiary/aromatic N) is 2. The van der Waals surface area contributed by atoms with E-state index in [9.17, 15) is 13.2 Å². The lowest BCUT2D eigenvalue weighted by Gasteiger charge is -2.18. The summed E-state index contributed by atoms with van der Waals surface area (Å²) in [4.78, 5) is 19.1. The van der Waals surface area contributed by atoms with E-state index in [2.05, 4.69) is 15.3 Å². The van der Waals surface area contributed by atoms with Gasteiger partial charge in [0.2, 0.25) is 0 Å². The first-order chi connectivity index (χ1) is 8.37. The molecule has 0 amide bonds. The molecule has 1 aliphatic rings. The number of nitrogens with one attached hydrogen (secondary N) is 1. The highest BCUT2D eigenvalue weighted by Crippen LogP contribution is 2.16. The third-order valence-electron chi connectivity index (χ3n) is 2.57. The number of fused-ring (bicyclic) bond motifs is 1. The van der Waals surface area contributed by atoms with Crippen molar-refractivity contribution in [2.75, 3.05) is 12.8 Å². The van der Waals surface area contributed by atoms with Gasteiger partial charge in [-0.15, -0.1) is 0 Å². The zero-order chi connectivity index (χ0) is 13.3. The first-order valence-corrected chi connectivity index (χ1v) is 7.43. The summed E-state index contributed by atoms with van der Waals surface area (Å²) in [5.74, 6) is -1.45. The van der Waals surface area contributed by atoms with Crippen molar-refractivity contribution in [1.29, 1.82) is 0 Å². The van der Waals surface area contributed by atoms with Crippen LogP contribution in [0.2, 0.25) is 0 Å². The number of rotatable bonds is 3. The fraction of sp³-hybridized carbons (Fsp3) is 0.500. The summed E-state index contributed by atoms with van der Waals surface area (Å²) in [7, 11) is -3.28. The highest BCUT2D eigenvalue weighted by Gasteiger charge is 2.22. The lowest BCUT2D eigenvalue weighted by Crippen LogP contribution is -2.28. The number of carboxylic acid groups (broad SMARTS) is 1. The van der Waals surface area contributed by atoms with E-state index < -0.39 is 15.8 Å². The Morgan fingerprint density at radius 1 is 1.44 bits per heavy atom. The molecule has 0 radical (unpaired) electrons. The number of aromatic nitrogens is 2. The van der Waals surface area contributed by atoms with Crippen LogP contribution in [0.3, 0.4) is 0 Å². The van der Waals surface area contributed by atoms with E-state index in [0.29, 0.717) is 30.8 Å². The summed E-state index contributed by atoms with van der Waals surface area (Å²) in [6.07, 6.45) is 1.65. The highest BCUT2D eigenvalue weighted by molar-refractivity contribution is 7.89. The molecule has 1 aromatic heterocycles. The van der Waals surface area contributed by atoms with E-state index in [-0.39, 0.29) is 17.3 Å². The van der Waals surface area contributed by atoms with Gasteiger partial charge in [-0.1, -0.05) is 0 Å². The minimum absolute atomic E-state index is 0.0514. The normalized spacial score (nSPS) is 15.2. The molecule has 2 rings (SSSR count). The van der Waals surface area contributed by atoms with Crippen molar-refractivity contribution in [2.24, 2.45) is 0 Å². The molecule has 98 valence electrons. The number of aromatic carboxylic acids is 1. The van der Waals surface area contributed by atoms with Gasteiger partial charge in [0.15, 0.2) is 15.5 Å². The summed E-state index contributed by atoms with van der Waals surface area (Å²) in [6, 6.07) is 0. The topological polar surface area (TPSA) is 109 Å². The van der Waals surface area contributed by atoms with Crippen molar-refractivity contribution in [3.63, 3.8) is 0 Å². The summed E-state index contributed by atoms with van der Waals surface area (Å²) < 4.78 is 22.4. The maximum absolute atomic E-state index is 11.2. The molecule has 0 spiro atoms. The zero-order valence-corrected chi connectivity index (χ0v) is 10.6. The summed E-state index contributed by atoms with van der Waals surface area (Å²) in [5, 5.41) is 12.1. The lowest BCUT2D eigenvalue weighted by molar-refractivity contribution is 0.0688. The Morgan fingerprint density at radius 3 is 2.78 bits per heavy atom. The van der Waals surface area contributed by atoms with Crippen molar-refractivity contribution in [3.8, 4) is 0 Å². The molecule has 0 saturated heterocycles. The van der Waals surface area contributed by atoms with Crippen LogP contribution in [-0.4, -0.2) is 42.3 Å². The molecule has 1 aromatic rings. The molecule has 2 heterocycles. The molecule has 0 aromatic carbocycles. The highest BCUT2D eigenvalue weighted by atomic mass is 32.2. The monoisotopic (exact) mass is 271 g/mol. The molecule has 0 atom stereocenters. The third-order valence-corrected chi connectivity index (χ3v) is 3.36. The van der Waals surface area contributed by atoms with Gasteiger partial charge in [0.25, 0.3) is 0 Å². The predicted molar refractivity (Wildman–Crippen MR) is 62.9 cm³/mol. The summed E-state index contributed by atoms with van der Waals surface area (Å²) in [6.45, 7) is 1.09. The zero-order valence-electron chi connectivity index (χ0n) is 9.80. The second-order valence-electron chi connectivity index (χ2n) is 4.22. The molecular weight excluding hydrogens is 258 g/mol. The number of sulfone groups is 1. The quantitative estimate of drug-likeness (QED) is 0.752. The molecule has 7 nitrogen and oxygen atoms in total. The van der Waals surface area contributed by atoms with Crippen LogP contribution >= 0.6 is 0 Å². The predicted octanol–water partition coefficient (Wildman–Crippen LogP) is -0.635. The van der Waals surface area contributed by atoms with Crippen LogP contribution in [0.25, 0.3) is 0 Å². The van der Waals surface area contributed by atoms with Crippen LogP contribution < -0.4 is 5.32 Å². The molecule has 0 unspecified atom stereocenters. The average Bonchev–Trinajstić information content (AvgIpc) is 2.25.